The van der Waals surface area contributed by atoms with E-state index in [1.54, 1.807) is 0 Å². The molecule has 0 saturated carbocycles. The SMILES string of the molecule is Cc1ccc2c(c1I)C(=O)CC2. The predicted molar refractivity (Wildman–Crippen MR) is 56.5 cm³/mol. The van der Waals surface area contributed by atoms with E-state index in [2.05, 4.69) is 34.7 Å². The Hall–Kier alpha value is -0.380. The molecule has 0 spiro atoms. The molecular formula is C10H9IO. The second kappa shape index (κ2) is 2.83. The van der Waals surface area contributed by atoms with Crippen LogP contribution in [-0.2, 0) is 6.42 Å². The lowest BCUT2D eigenvalue weighted by Crippen LogP contribution is -1.97. The summed E-state index contributed by atoms with van der Waals surface area (Å²) in [5.41, 5.74) is 3.43. The van der Waals surface area contributed by atoms with Gasteiger partial charge in [-0.15, -0.1) is 0 Å². The van der Waals surface area contributed by atoms with Crippen molar-refractivity contribution in [3.63, 3.8) is 0 Å². The van der Waals surface area contributed by atoms with Crippen LogP contribution in [0.2, 0.25) is 0 Å². The standard InChI is InChI=1S/C10H9IO/c1-6-2-3-7-4-5-8(12)9(7)10(6)11/h2-3H,4-5H2,1H3. The minimum atomic E-state index is 0.318. The number of Topliss-reactive ketones (excluding diaryl/α,β-unsaturated/α-hetero) is 1. The molecular weight excluding hydrogens is 263 g/mol. The van der Waals surface area contributed by atoms with Crippen molar-refractivity contribution in [2.45, 2.75) is 19.8 Å². The molecule has 1 aromatic rings. The lowest BCUT2D eigenvalue weighted by molar-refractivity contribution is 0.0994. The molecule has 0 bridgehead atoms. The third kappa shape index (κ3) is 1.09. The van der Waals surface area contributed by atoms with Gasteiger partial charge in [-0.1, -0.05) is 12.1 Å². The Morgan fingerprint density at radius 1 is 1.33 bits per heavy atom. The summed E-state index contributed by atoms with van der Waals surface area (Å²) in [6, 6.07) is 4.18. The van der Waals surface area contributed by atoms with Crippen molar-refractivity contribution in [1.82, 2.24) is 0 Å². The zero-order valence-electron chi connectivity index (χ0n) is 6.86. The third-order valence-corrected chi connectivity index (χ3v) is 3.71. The number of hydrogen-bond acceptors (Lipinski definition) is 1. The van der Waals surface area contributed by atoms with Gasteiger partial charge < -0.3 is 0 Å². The van der Waals surface area contributed by atoms with Crippen LogP contribution in [0.1, 0.15) is 27.9 Å². The zero-order chi connectivity index (χ0) is 8.72. The van der Waals surface area contributed by atoms with E-state index in [1.807, 2.05) is 6.92 Å². The van der Waals surface area contributed by atoms with Gasteiger partial charge in [-0.25, -0.2) is 0 Å². The van der Waals surface area contributed by atoms with Crippen LogP contribution in [0.4, 0.5) is 0 Å². The minimum absolute atomic E-state index is 0.318. The first-order valence-electron chi connectivity index (χ1n) is 4.01. The average Bonchev–Trinajstić information content (AvgIpc) is 2.41. The molecule has 1 aliphatic carbocycles. The highest BCUT2D eigenvalue weighted by Crippen LogP contribution is 2.28. The normalized spacial score (nSPS) is 15.0. The second-order valence-electron chi connectivity index (χ2n) is 3.15. The van der Waals surface area contributed by atoms with Crippen molar-refractivity contribution in [3.05, 3.63) is 32.4 Å². The Labute approximate surface area is 85.3 Å². The van der Waals surface area contributed by atoms with E-state index >= 15 is 0 Å². The van der Waals surface area contributed by atoms with Gasteiger partial charge in [0, 0.05) is 15.6 Å². The molecule has 2 heteroatoms. The number of ketones is 1. The van der Waals surface area contributed by atoms with Crippen LogP contribution in [0.3, 0.4) is 0 Å². The van der Waals surface area contributed by atoms with E-state index in [0.717, 1.165) is 15.6 Å². The fourth-order valence-corrected chi connectivity index (χ4v) is 2.43. The van der Waals surface area contributed by atoms with Gasteiger partial charge >= 0.3 is 0 Å². The molecule has 0 aliphatic heterocycles. The molecule has 0 unspecified atom stereocenters. The first-order chi connectivity index (χ1) is 5.70. The molecule has 0 radical (unpaired) electrons. The van der Waals surface area contributed by atoms with Crippen LogP contribution in [-0.4, -0.2) is 5.78 Å². The van der Waals surface area contributed by atoms with Gasteiger partial charge in [0.05, 0.1) is 0 Å². The molecule has 1 aliphatic rings. The van der Waals surface area contributed by atoms with Crippen LogP contribution in [0, 0.1) is 10.5 Å². The summed E-state index contributed by atoms with van der Waals surface area (Å²) in [7, 11) is 0. The molecule has 2 rings (SSSR count). The van der Waals surface area contributed by atoms with E-state index in [9.17, 15) is 4.79 Å². The summed E-state index contributed by atoms with van der Waals surface area (Å²) in [5, 5.41) is 0. The topological polar surface area (TPSA) is 17.1 Å². The van der Waals surface area contributed by atoms with Crippen molar-refractivity contribution in [3.8, 4) is 0 Å². The molecule has 0 fully saturated rings. The van der Waals surface area contributed by atoms with Crippen LogP contribution in [0.15, 0.2) is 12.1 Å². The van der Waals surface area contributed by atoms with Gasteiger partial charge in [-0.2, -0.15) is 0 Å². The first kappa shape index (κ1) is 8.23. The van der Waals surface area contributed by atoms with Gasteiger partial charge in [0.1, 0.15) is 0 Å². The van der Waals surface area contributed by atoms with Crippen LogP contribution in [0.5, 0.6) is 0 Å². The highest BCUT2D eigenvalue weighted by Gasteiger charge is 2.22. The van der Waals surface area contributed by atoms with E-state index in [0.29, 0.717) is 12.2 Å². The van der Waals surface area contributed by atoms with E-state index < -0.39 is 0 Å². The monoisotopic (exact) mass is 272 g/mol. The molecule has 1 nitrogen and oxygen atoms in total. The Kier molecular flexibility index (Phi) is 1.94. The summed E-state index contributed by atoms with van der Waals surface area (Å²) in [6.45, 7) is 2.05. The Morgan fingerprint density at radius 2 is 2.08 bits per heavy atom. The Morgan fingerprint density at radius 3 is 2.83 bits per heavy atom. The fourth-order valence-electron chi connectivity index (χ4n) is 1.60. The van der Waals surface area contributed by atoms with E-state index in [1.165, 1.54) is 11.1 Å². The molecule has 0 heterocycles. The molecule has 12 heavy (non-hydrogen) atoms. The van der Waals surface area contributed by atoms with Crippen molar-refractivity contribution in [1.29, 1.82) is 0 Å². The van der Waals surface area contributed by atoms with Crippen molar-refractivity contribution >= 4 is 28.4 Å². The van der Waals surface area contributed by atoms with Crippen LogP contribution < -0.4 is 0 Å². The van der Waals surface area contributed by atoms with Gasteiger partial charge in [0.2, 0.25) is 0 Å². The number of carbonyl (C=O) groups is 1. The Balaban J connectivity index is 2.71. The number of hydrogen-bond donors (Lipinski definition) is 0. The number of halogens is 1. The summed E-state index contributed by atoms with van der Waals surface area (Å²) in [6.07, 6.45) is 1.64. The van der Waals surface area contributed by atoms with E-state index in [4.69, 9.17) is 0 Å². The van der Waals surface area contributed by atoms with Gasteiger partial charge in [-0.05, 0) is 47.1 Å². The summed E-state index contributed by atoms with van der Waals surface area (Å²) in [5.74, 6) is 0.318. The molecule has 0 aromatic heterocycles. The number of carbonyl (C=O) groups excluding carboxylic acids is 1. The number of rotatable bonds is 0. The molecule has 0 N–H and O–H groups in total. The van der Waals surface area contributed by atoms with Crippen molar-refractivity contribution < 1.29 is 4.79 Å². The van der Waals surface area contributed by atoms with Crippen molar-refractivity contribution in [2.24, 2.45) is 0 Å². The molecule has 62 valence electrons. The summed E-state index contributed by atoms with van der Waals surface area (Å²) < 4.78 is 1.15. The second-order valence-corrected chi connectivity index (χ2v) is 4.23. The van der Waals surface area contributed by atoms with Crippen molar-refractivity contribution in [2.75, 3.05) is 0 Å². The average molecular weight is 272 g/mol. The lowest BCUT2D eigenvalue weighted by Gasteiger charge is -2.03. The van der Waals surface area contributed by atoms with Gasteiger partial charge in [-0.3, -0.25) is 4.79 Å². The fraction of sp³-hybridized carbons (Fsp3) is 0.300. The van der Waals surface area contributed by atoms with Gasteiger partial charge in [0.25, 0.3) is 0 Å². The first-order valence-corrected chi connectivity index (χ1v) is 5.09. The van der Waals surface area contributed by atoms with Crippen LogP contribution >= 0.6 is 22.6 Å². The minimum Gasteiger partial charge on any atom is -0.294 e. The van der Waals surface area contributed by atoms with Crippen LogP contribution in [0.25, 0.3) is 0 Å². The number of benzene rings is 1. The quantitative estimate of drug-likeness (QED) is 0.664. The highest BCUT2D eigenvalue weighted by atomic mass is 127. The van der Waals surface area contributed by atoms with E-state index in [-0.39, 0.29) is 0 Å². The molecule has 1 aromatic carbocycles. The maximum Gasteiger partial charge on any atom is 0.164 e. The third-order valence-electron chi connectivity index (χ3n) is 2.32. The van der Waals surface area contributed by atoms with Gasteiger partial charge in [0.15, 0.2) is 5.78 Å². The highest BCUT2D eigenvalue weighted by molar-refractivity contribution is 14.1. The summed E-state index contributed by atoms with van der Waals surface area (Å²) in [4.78, 5) is 11.4. The lowest BCUT2D eigenvalue weighted by atomic mass is 10.1. The molecule has 0 amide bonds. The largest absolute Gasteiger partial charge is 0.294 e. The zero-order valence-corrected chi connectivity index (χ0v) is 9.01. The smallest absolute Gasteiger partial charge is 0.164 e. The number of aryl methyl sites for hydroxylation is 2. The Bertz CT molecular complexity index is 355. The summed E-state index contributed by atoms with van der Waals surface area (Å²) >= 11 is 2.26. The maximum absolute atomic E-state index is 11.4. The molecule has 0 atom stereocenters. The predicted octanol–water partition coefficient (Wildman–Crippen LogP) is 2.73. The maximum atomic E-state index is 11.4. The molecule has 0 saturated heterocycles. The number of fused-ring (bicyclic) bond motifs is 1.